The maximum atomic E-state index is 12.5. The Labute approximate surface area is 116 Å². The summed E-state index contributed by atoms with van der Waals surface area (Å²) in [5.74, 6) is 0.279. The van der Waals surface area contributed by atoms with Crippen molar-refractivity contribution in [3.05, 3.63) is 46.9 Å². The monoisotopic (exact) mass is 298 g/mol. The van der Waals surface area contributed by atoms with Crippen LogP contribution >= 0.6 is 11.6 Å². The van der Waals surface area contributed by atoms with Gasteiger partial charge in [0.2, 0.25) is 0 Å². The third-order valence-corrected chi connectivity index (χ3v) is 2.57. The quantitative estimate of drug-likeness (QED) is 0.857. The van der Waals surface area contributed by atoms with E-state index in [1.165, 1.54) is 12.4 Å². The van der Waals surface area contributed by atoms with Gasteiger partial charge in [-0.3, -0.25) is 0 Å². The van der Waals surface area contributed by atoms with Crippen LogP contribution in [0.3, 0.4) is 0 Å². The zero-order valence-electron chi connectivity index (χ0n) is 9.74. The Bertz CT molecular complexity index is 679. The smallest absolute Gasteiger partial charge is 0.339 e. The van der Waals surface area contributed by atoms with Crippen molar-refractivity contribution in [2.45, 2.75) is 6.18 Å². The van der Waals surface area contributed by atoms with E-state index < -0.39 is 11.7 Å². The van der Waals surface area contributed by atoms with Gasteiger partial charge in [-0.25, -0.2) is 9.97 Å². The van der Waals surface area contributed by atoms with E-state index in [-0.39, 0.29) is 22.2 Å². The van der Waals surface area contributed by atoms with E-state index in [4.69, 9.17) is 16.9 Å². The molecule has 0 aliphatic heterocycles. The summed E-state index contributed by atoms with van der Waals surface area (Å²) >= 11 is 5.66. The van der Waals surface area contributed by atoms with Crippen molar-refractivity contribution in [2.75, 3.05) is 5.32 Å². The molecule has 1 aromatic carbocycles. The minimum atomic E-state index is -4.50. The first-order chi connectivity index (χ1) is 9.40. The van der Waals surface area contributed by atoms with Crippen molar-refractivity contribution >= 4 is 23.1 Å². The summed E-state index contributed by atoms with van der Waals surface area (Å²) in [6.07, 6.45) is -3.30. The molecule has 0 bridgehead atoms. The van der Waals surface area contributed by atoms with Crippen molar-refractivity contribution in [3.8, 4) is 6.07 Å². The van der Waals surface area contributed by atoms with Gasteiger partial charge in [-0.2, -0.15) is 18.4 Å². The molecule has 0 aliphatic carbocycles. The topological polar surface area (TPSA) is 61.6 Å². The lowest BCUT2D eigenvalue weighted by molar-refractivity contribution is -0.137. The largest absolute Gasteiger partial charge is 0.416 e. The first-order valence-electron chi connectivity index (χ1n) is 5.26. The van der Waals surface area contributed by atoms with Crippen LogP contribution in [0, 0.1) is 11.3 Å². The van der Waals surface area contributed by atoms with Crippen molar-refractivity contribution in [1.29, 1.82) is 5.26 Å². The van der Waals surface area contributed by atoms with Gasteiger partial charge in [-0.05, 0) is 18.2 Å². The van der Waals surface area contributed by atoms with Crippen LogP contribution in [0.5, 0.6) is 0 Å². The maximum absolute atomic E-state index is 12.5. The summed E-state index contributed by atoms with van der Waals surface area (Å²) < 4.78 is 37.6. The predicted molar refractivity (Wildman–Crippen MR) is 66.5 cm³/mol. The first kappa shape index (κ1) is 14.1. The molecule has 1 aromatic heterocycles. The van der Waals surface area contributed by atoms with Crippen LogP contribution < -0.4 is 5.32 Å². The molecule has 2 aromatic rings. The van der Waals surface area contributed by atoms with Gasteiger partial charge < -0.3 is 5.32 Å². The Hall–Kier alpha value is -2.33. The summed E-state index contributed by atoms with van der Waals surface area (Å²) in [6.45, 7) is 0. The zero-order chi connectivity index (χ0) is 14.8. The lowest BCUT2D eigenvalue weighted by atomic mass is 10.1. The number of nitriles is 1. The number of nitrogens with one attached hydrogen (secondary N) is 1. The number of hydrogen-bond donors (Lipinski definition) is 1. The minimum Gasteiger partial charge on any atom is -0.339 e. The number of benzene rings is 1. The van der Waals surface area contributed by atoms with E-state index in [1.807, 2.05) is 0 Å². The Morgan fingerprint density at radius 1 is 1.20 bits per heavy atom. The third-order valence-electron chi connectivity index (χ3n) is 2.36. The van der Waals surface area contributed by atoms with Gasteiger partial charge in [0.1, 0.15) is 23.4 Å². The van der Waals surface area contributed by atoms with E-state index in [9.17, 15) is 13.2 Å². The molecule has 0 amide bonds. The number of anilines is 2. The van der Waals surface area contributed by atoms with Gasteiger partial charge in [0.25, 0.3) is 0 Å². The standard InChI is InChI=1S/C12H6ClF3N4/c13-10-4-11(19-6-18-10)20-9-2-1-8(12(14,15)16)3-7(9)5-17/h1-4,6H,(H,18,19,20). The van der Waals surface area contributed by atoms with Crippen molar-refractivity contribution in [2.24, 2.45) is 0 Å². The van der Waals surface area contributed by atoms with Gasteiger partial charge in [0.15, 0.2) is 0 Å². The highest BCUT2D eigenvalue weighted by molar-refractivity contribution is 6.29. The fourth-order valence-corrected chi connectivity index (χ4v) is 1.61. The van der Waals surface area contributed by atoms with Gasteiger partial charge in [-0.15, -0.1) is 0 Å². The molecule has 20 heavy (non-hydrogen) atoms. The third kappa shape index (κ3) is 3.16. The average Bonchev–Trinajstić information content (AvgIpc) is 2.38. The molecule has 1 heterocycles. The Balaban J connectivity index is 2.36. The van der Waals surface area contributed by atoms with Gasteiger partial charge in [0, 0.05) is 6.07 Å². The Morgan fingerprint density at radius 3 is 2.55 bits per heavy atom. The second-order valence-corrected chi connectivity index (χ2v) is 4.11. The lowest BCUT2D eigenvalue weighted by Gasteiger charge is -2.11. The molecule has 8 heteroatoms. The molecule has 0 spiro atoms. The van der Waals surface area contributed by atoms with Gasteiger partial charge in [0.05, 0.1) is 16.8 Å². The van der Waals surface area contributed by atoms with Gasteiger partial charge in [-0.1, -0.05) is 11.6 Å². The number of aromatic nitrogens is 2. The zero-order valence-corrected chi connectivity index (χ0v) is 10.5. The summed E-state index contributed by atoms with van der Waals surface area (Å²) in [5.41, 5.74) is -0.829. The van der Waals surface area contributed by atoms with Crippen molar-refractivity contribution in [3.63, 3.8) is 0 Å². The maximum Gasteiger partial charge on any atom is 0.416 e. The predicted octanol–water partition coefficient (Wildman–Crippen LogP) is 3.76. The van der Waals surface area contributed by atoms with E-state index in [0.717, 1.165) is 18.2 Å². The fourth-order valence-electron chi connectivity index (χ4n) is 1.46. The second kappa shape index (κ2) is 5.35. The number of rotatable bonds is 2. The molecular weight excluding hydrogens is 293 g/mol. The minimum absolute atomic E-state index is 0.144. The fraction of sp³-hybridized carbons (Fsp3) is 0.0833. The normalized spacial score (nSPS) is 10.9. The molecule has 0 atom stereocenters. The molecule has 102 valence electrons. The molecule has 1 N–H and O–H groups in total. The van der Waals surface area contributed by atoms with Crippen LogP contribution in [-0.4, -0.2) is 9.97 Å². The van der Waals surface area contributed by atoms with Crippen LogP contribution in [-0.2, 0) is 6.18 Å². The molecule has 0 unspecified atom stereocenters. The van der Waals surface area contributed by atoms with Crippen LogP contribution in [0.4, 0.5) is 24.7 Å². The summed E-state index contributed by atoms with van der Waals surface area (Å²) in [5, 5.41) is 11.8. The van der Waals surface area contributed by atoms with E-state index >= 15 is 0 Å². The van der Waals surface area contributed by atoms with Crippen LogP contribution in [0.1, 0.15) is 11.1 Å². The SMILES string of the molecule is N#Cc1cc(C(F)(F)F)ccc1Nc1cc(Cl)ncn1. The van der Waals surface area contributed by atoms with Crippen LogP contribution in [0.25, 0.3) is 0 Å². The molecule has 0 fully saturated rings. The molecule has 0 radical (unpaired) electrons. The number of hydrogen-bond acceptors (Lipinski definition) is 4. The molecule has 4 nitrogen and oxygen atoms in total. The van der Waals surface area contributed by atoms with E-state index in [0.29, 0.717) is 0 Å². The highest BCUT2D eigenvalue weighted by Crippen LogP contribution is 2.32. The molecule has 0 aliphatic rings. The lowest BCUT2D eigenvalue weighted by Crippen LogP contribution is -2.06. The summed E-state index contributed by atoms with van der Waals surface area (Å²) in [6, 6.07) is 5.91. The summed E-state index contributed by atoms with van der Waals surface area (Å²) in [4.78, 5) is 7.51. The highest BCUT2D eigenvalue weighted by atomic mass is 35.5. The molecular formula is C12H6ClF3N4. The van der Waals surface area contributed by atoms with Crippen LogP contribution in [0.2, 0.25) is 5.15 Å². The summed E-state index contributed by atoms with van der Waals surface area (Å²) in [7, 11) is 0. The molecule has 0 saturated heterocycles. The molecule has 0 saturated carbocycles. The number of nitrogens with zero attached hydrogens (tertiary/aromatic N) is 3. The number of halogens is 4. The van der Waals surface area contributed by atoms with Gasteiger partial charge >= 0.3 is 6.18 Å². The Kier molecular flexibility index (Phi) is 3.77. The van der Waals surface area contributed by atoms with E-state index in [1.54, 1.807) is 6.07 Å². The Morgan fingerprint density at radius 2 is 1.95 bits per heavy atom. The highest BCUT2D eigenvalue weighted by Gasteiger charge is 2.31. The number of alkyl halides is 3. The first-order valence-corrected chi connectivity index (χ1v) is 5.64. The molecule has 2 rings (SSSR count). The van der Waals surface area contributed by atoms with Crippen molar-refractivity contribution in [1.82, 2.24) is 9.97 Å². The second-order valence-electron chi connectivity index (χ2n) is 3.72. The van der Waals surface area contributed by atoms with Crippen molar-refractivity contribution < 1.29 is 13.2 Å². The average molecular weight is 299 g/mol. The van der Waals surface area contributed by atoms with E-state index in [2.05, 4.69) is 15.3 Å². The van der Waals surface area contributed by atoms with Crippen LogP contribution in [0.15, 0.2) is 30.6 Å².